The van der Waals surface area contributed by atoms with Crippen molar-refractivity contribution in [1.29, 1.82) is 0 Å². The number of anilines is 1. The van der Waals surface area contributed by atoms with Crippen LogP contribution in [-0.4, -0.2) is 27.3 Å². The molecule has 3 aromatic rings. The molecular formula is C20H17BrClFN4O3. The van der Waals surface area contributed by atoms with Crippen molar-refractivity contribution in [1.82, 2.24) is 14.8 Å². The van der Waals surface area contributed by atoms with Crippen LogP contribution >= 0.6 is 27.5 Å². The fraction of sp³-hybridized carbons (Fsp3) is 0.250. The van der Waals surface area contributed by atoms with Crippen LogP contribution in [0.5, 0.6) is 11.5 Å². The van der Waals surface area contributed by atoms with Crippen LogP contribution in [0, 0.1) is 5.82 Å². The first-order valence-electron chi connectivity index (χ1n) is 9.19. The Bertz CT molecular complexity index is 1090. The number of hydrogen-bond donors (Lipinski definition) is 1. The highest BCUT2D eigenvalue weighted by atomic mass is 79.9. The maximum absolute atomic E-state index is 14.1. The number of carbonyl (C=O) groups is 1. The van der Waals surface area contributed by atoms with Crippen LogP contribution in [0.25, 0.3) is 0 Å². The Labute approximate surface area is 185 Å². The topological polar surface area (TPSA) is 78.3 Å². The molecule has 0 aliphatic carbocycles. The smallest absolute Gasteiger partial charge is 0.229 e. The lowest BCUT2D eigenvalue weighted by molar-refractivity contribution is -0.117. The quantitative estimate of drug-likeness (QED) is 0.534. The minimum absolute atomic E-state index is 0.0669. The summed E-state index contributed by atoms with van der Waals surface area (Å²) in [6.07, 6.45) is 1.60. The van der Waals surface area contributed by atoms with Gasteiger partial charge in [0.1, 0.15) is 18.8 Å². The van der Waals surface area contributed by atoms with Crippen molar-refractivity contribution in [2.24, 2.45) is 0 Å². The Morgan fingerprint density at radius 2 is 2.20 bits per heavy atom. The van der Waals surface area contributed by atoms with Crippen LogP contribution in [0.4, 0.5) is 10.3 Å². The van der Waals surface area contributed by atoms with Crippen molar-refractivity contribution in [3.63, 3.8) is 0 Å². The molecule has 0 radical (unpaired) electrons. The first-order valence-corrected chi connectivity index (χ1v) is 10.4. The van der Waals surface area contributed by atoms with Gasteiger partial charge in [-0.25, -0.2) is 9.07 Å². The number of benzene rings is 2. The second kappa shape index (κ2) is 8.61. The van der Waals surface area contributed by atoms with Crippen molar-refractivity contribution < 1.29 is 18.7 Å². The van der Waals surface area contributed by atoms with Crippen LogP contribution in [0.1, 0.15) is 30.5 Å². The van der Waals surface area contributed by atoms with E-state index >= 15 is 0 Å². The fourth-order valence-corrected chi connectivity index (χ4v) is 4.05. The number of carbonyl (C=O) groups excluding carboxylic acids is 1. The number of halogens is 3. The summed E-state index contributed by atoms with van der Waals surface area (Å²) in [4.78, 5) is 16.2. The summed E-state index contributed by atoms with van der Waals surface area (Å²) in [6, 6.07) is 7.75. The minimum atomic E-state index is -0.444. The lowest BCUT2D eigenvalue weighted by Gasteiger charge is -2.25. The summed E-state index contributed by atoms with van der Waals surface area (Å²) in [5.41, 5.74) is 1.05. The Kier molecular flexibility index (Phi) is 5.92. The Morgan fingerprint density at radius 3 is 2.97 bits per heavy atom. The third kappa shape index (κ3) is 3.99. The van der Waals surface area contributed by atoms with Gasteiger partial charge in [0, 0.05) is 5.56 Å². The number of rotatable bonds is 6. The number of nitrogens with one attached hydrogen (secondary N) is 1. The maximum Gasteiger partial charge on any atom is 0.229 e. The van der Waals surface area contributed by atoms with Gasteiger partial charge in [0.2, 0.25) is 11.9 Å². The van der Waals surface area contributed by atoms with Gasteiger partial charge < -0.3 is 9.47 Å². The normalized spacial score (nSPS) is 15.5. The van der Waals surface area contributed by atoms with Crippen LogP contribution in [0.3, 0.4) is 0 Å². The number of hydrogen-bond acceptors (Lipinski definition) is 5. The maximum atomic E-state index is 14.1. The lowest BCUT2D eigenvalue weighted by atomic mass is 10.0. The average molecular weight is 496 g/mol. The predicted octanol–water partition coefficient (Wildman–Crippen LogP) is 4.74. The molecular weight excluding hydrogens is 479 g/mol. The van der Waals surface area contributed by atoms with Gasteiger partial charge >= 0.3 is 0 Å². The second-order valence-corrected chi connectivity index (χ2v) is 7.81. The van der Waals surface area contributed by atoms with E-state index in [2.05, 4.69) is 31.3 Å². The Hall–Kier alpha value is -2.65. The van der Waals surface area contributed by atoms with E-state index in [0.717, 1.165) is 5.56 Å². The summed E-state index contributed by atoms with van der Waals surface area (Å²) >= 11 is 9.61. The first-order chi connectivity index (χ1) is 14.5. The molecule has 0 fully saturated rings. The van der Waals surface area contributed by atoms with E-state index in [-0.39, 0.29) is 35.6 Å². The molecule has 2 heterocycles. The van der Waals surface area contributed by atoms with Gasteiger partial charge in [0.25, 0.3) is 0 Å². The van der Waals surface area contributed by atoms with Crippen molar-refractivity contribution in [3.05, 3.63) is 63.1 Å². The van der Waals surface area contributed by atoms with Crippen LogP contribution in [0.2, 0.25) is 5.02 Å². The summed E-state index contributed by atoms with van der Waals surface area (Å²) in [5, 5.41) is 7.19. The summed E-state index contributed by atoms with van der Waals surface area (Å²) in [7, 11) is 0. The van der Waals surface area contributed by atoms with Crippen LogP contribution in [0.15, 0.2) is 41.1 Å². The fourth-order valence-electron chi connectivity index (χ4n) is 3.26. The van der Waals surface area contributed by atoms with Crippen molar-refractivity contribution in [2.75, 3.05) is 11.9 Å². The predicted molar refractivity (Wildman–Crippen MR) is 112 cm³/mol. The second-order valence-electron chi connectivity index (χ2n) is 6.55. The van der Waals surface area contributed by atoms with E-state index in [1.54, 1.807) is 16.8 Å². The van der Waals surface area contributed by atoms with Gasteiger partial charge in [0.05, 0.1) is 28.6 Å². The molecule has 0 saturated carbocycles. The van der Waals surface area contributed by atoms with Crippen LogP contribution < -0.4 is 14.8 Å². The molecule has 1 aromatic heterocycles. The Morgan fingerprint density at radius 1 is 1.37 bits per heavy atom. The third-order valence-corrected chi connectivity index (χ3v) is 5.58. The number of amides is 1. The SMILES string of the molecule is CCOc1cc([C@H]2CC(=O)Nc3ncnn32)cc(Br)c1OCc1c(F)cccc1Cl. The van der Waals surface area contributed by atoms with Crippen molar-refractivity contribution >= 4 is 39.4 Å². The van der Waals surface area contributed by atoms with Crippen molar-refractivity contribution in [2.45, 2.75) is 26.0 Å². The molecule has 2 aromatic carbocycles. The van der Waals surface area contributed by atoms with Gasteiger partial charge in [-0.1, -0.05) is 17.7 Å². The third-order valence-electron chi connectivity index (χ3n) is 4.64. The standard InChI is InChI=1S/C20H17BrClFN4O3/c1-2-29-17-7-11(16-8-18(28)26-20-24-10-25-27(16)20)6-13(21)19(17)30-9-12-14(22)4-3-5-15(12)23/h3-7,10,16H,2,8-9H2,1H3,(H,24,25,26,28)/t16-/m1/s1. The molecule has 1 atom stereocenters. The molecule has 1 amide bonds. The number of nitrogens with zero attached hydrogens (tertiary/aromatic N) is 3. The zero-order valence-corrected chi connectivity index (χ0v) is 18.2. The van der Waals surface area contributed by atoms with Gasteiger partial charge in [-0.3, -0.25) is 10.1 Å². The van der Waals surface area contributed by atoms with E-state index < -0.39 is 5.82 Å². The summed E-state index contributed by atoms with van der Waals surface area (Å²) in [6.45, 7) is 2.18. The Balaban J connectivity index is 1.68. The molecule has 30 heavy (non-hydrogen) atoms. The molecule has 7 nitrogen and oxygen atoms in total. The molecule has 1 N–H and O–H groups in total. The highest BCUT2D eigenvalue weighted by Gasteiger charge is 2.29. The molecule has 0 bridgehead atoms. The van der Waals surface area contributed by atoms with Gasteiger partial charge in [-0.2, -0.15) is 10.1 Å². The molecule has 0 spiro atoms. The van der Waals surface area contributed by atoms with Crippen molar-refractivity contribution in [3.8, 4) is 11.5 Å². The van der Waals surface area contributed by atoms with Gasteiger partial charge in [-0.15, -0.1) is 0 Å². The molecule has 4 rings (SSSR count). The first kappa shape index (κ1) is 20.6. The molecule has 0 saturated heterocycles. The highest BCUT2D eigenvalue weighted by Crippen LogP contribution is 2.41. The van der Waals surface area contributed by atoms with E-state index in [0.29, 0.717) is 28.5 Å². The van der Waals surface area contributed by atoms with E-state index in [9.17, 15) is 9.18 Å². The van der Waals surface area contributed by atoms with E-state index in [1.807, 2.05) is 13.0 Å². The van der Waals surface area contributed by atoms with Gasteiger partial charge in [0.15, 0.2) is 11.5 Å². The summed E-state index contributed by atoms with van der Waals surface area (Å²) in [5.74, 6) is 0.671. The lowest BCUT2D eigenvalue weighted by Crippen LogP contribution is -2.29. The zero-order valence-electron chi connectivity index (χ0n) is 15.9. The minimum Gasteiger partial charge on any atom is -0.490 e. The molecule has 10 heteroatoms. The van der Waals surface area contributed by atoms with Crippen LogP contribution in [-0.2, 0) is 11.4 Å². The number of aromatic nitrogens is 3. The average Bonchev–Trinajstić information content (AvgIpc) is 3.17. The number of ether oxygens (including phenoxy) is 2. The van der Waals surface area contributed by atoms with E-state index in [4.69, 9.17) is 21.1 Å². The molecule has 0 unspecified atom stereocenters. The monoisotopic (exact) mass is 494 g/mol. The summed E-state index contributed by atoms with van der Waals surface area (Å²) < 4.78 is 28.0. The molecule has 1 aliphatic rings. The zero-order chi connectivity index (χ0) is 21.3. The van der Waals surface area contributed by atoms with Gasteiger partial charge in [-0.05, 0) is 52.7 Å². The molecule has 1 aliphatic heterocycles. The molecule has 156 valence electrons. The largest absolute Gasteiger partial charge is 0.490 e. The van der Waals surface area contributed by atoms with E-state index in [1.165, 1.54) is 18.5 Å². The number of fused-ring (bicyclic) bond motifs is 1. The highest BCUT2D eigenvalue weighted by molar-refractivity contribution is 9.10.